The quantitative estimate of drug-likeness (QED) is 0.407. The molecule has 1 heterocycles. The lowest BCUT2D eigenvalue weighted by Crippen LogP contribution is -2.37. The van der Waals surface area contributed by atoms with Crippen LogP contribution in [0.5, 0.6) is 5.75 Å². The molecular weight excluding hydrogens is 426 g/mol. The molecule has 0 aliphatic carbocycles. The van der Waals surface area contributed by atoms with E-state index >= 15 is 0 Å². The Morgan fingerprint density at radius 1 is 1.00 bits per heavy atom. The number of fused-ring (bicyclic) bond motifs is 1. The fourth-order valence-electron chi connectivity index (χ4n) is 4.09. The van der Waals surface area contributed by atoms with Gasteiger partial charge in [0.05, 0.1) is 12.6 Å². The number of aryl methyl sites for hydroxylation is 1. The van der Waals surface area contributed by atoms with Gasteiger partial charge in [0, 0.05) is 36.1 Å². The number of amides is 1. The summed E-state index contributed by atoms with van der Waals surface area (Å²) < 4.78 is 6.94. The minimum absolute atomic E-state index is 0.0660. The minimum Gasteiger partial charge on any atom is -0.497 e. The number of hydrogen-bond acceptors (Lipinski definition) is 4. The summed E-state index contributed by atoms with van der Waals surface area (Å²) in [5.74, 6) is 0.488. The standard InChI is InChI=1S/C28H29N3O3/c1-4-30(24-12-8-9-20(2)15-24)27(32)19-31-26-17-25(34-3)14-13-21(26)16-22(28(31)33)18-29-23-10-6-5-7-11-23/h5-17,29H,4,18-19H2,1-3H3. The third kappa shape index (κ3) is 4.96. The Bertz CT molecular complexity index is 1360. The molecule has 4 aromatic rings. The first-order valence-corrected chi connectivity index (χ1v) is 11.4. The molecule has 34 heavy (non-hydrogen) atoms. The number of anilines is 2. The van der Waals surface area contributed by atoms with Crippen molar-refractivity contribution in [3.8, 4) is 5.75 Å². The largest absolute Gasteiger partial charge is 0.497 e. The van der Waals surface area contributed by atoms with Crippen molar-refractivity contribution in [2.45, 2.75) is 26.9 Å². The Hall–Kier alpha value is -4.06. The summed E-state index contributed by atoms with van der Waals surface area (Å²) in [4.78, 5) is 28.7. The van der Waals surface area contributed by atoms with Gasteiger partial charge in [0.15, 0.2) is 0 Å². The summed E-state index contributed by atoms with van der Waals surface area (Å²) in [5, 5.41) is 4.17. The number of ether oxygens (including phenoxy) is 1. The molecular formula is C28H29N3O3. The van der Waals surface area contributed by atoms with Crippen molar-refractivity contribution in [2.75, 3.05) is 23.9 Å². The Morgan fingerprint density at radius 2 is 1.79 bits per heavy atom. The summed E-state index contributed by atoms with van der Waals surface area (Å²) in [5.41, 5.74) is 3.89. The van der Waals surface area contributed by atoms with Gasteiger partial charge in [0.1, 0.15) is 12.3 Å². The third-order valence-electron chi connectivity index (χ3n) is 5.86. The fraction of sp³-hybridized carbons (Fsp3) is 0.214. The van der Waals surface area contributed by atoms with Gasteiger partial charge < -0.3 is 15.0 Å². The van der Waals surface area contributed by atoms with Crippen LogP contribution in [0, 0.1) is 6.92 Å². The molecule has 1 N–H and O–H groups in total. The van der Waals surface area contributed by atoms with Gasteiger partial charge in [-0.05, 0) is 67.3 Å². The van der Waals surface area contributed by atoms with E-state index in [-0.39, 0.29) is 18.0 Å². The van der Waals surface area contributed by atoms with Crippen molar-refractivity contribution in [2.24, 2.45) is 0 Å². The van der Waals surface area contributed by atoms with Crippen LogP contribution in [0.25, 0.3) is 10.9 Å². The van der Waals surface area contributed by atoms with E-state index in [1.54, 1.807) is 22.6 Å². The van der Waals surface area contributed by atoms with Gasteiger partial charge >= 0.3 is 0 Å². The van der Waals surface area contributed by atoms with E-state index in [1.165, 1.54) is 0 Å². The molecule has 0 aliphatic rings. The van der Waals surface area contributed by atoms with Gasteiger partial charge in [0.25, 0.3) is 5.56 Å². The first kappa shape index (κ1) is 23.1. The van der Waals surface area contributed by atoms with Crippen LogP contribution in [0.2, 0.25) is 0 Å². The van der Waals surface area contributed by atoms with E-state index in [0.717, 1.165) is 22.3 Å². The predicted octanol–water partition coefficient (Wildman–Crippen LogP) is 4.98. The second-order valence-corrected chi connectivity index (χ2v) is 8.18. The van der Waals surface area contributed by atoms with Gasteiger partial charge in [-0.25, -0.2) is 0 Å². The molecule has 0 fully saturated rings. The van der Waals surface area contributed by atoms with Crippen LogP contribution in [0.15, 0.2) is 83.7 Å². The molecule has 0 aliphatic heterocycles. The molecule has 6 nitrogen and oxygen atoms in total. The number of rotatable bonds is 8. The molecule has 0 radical (unpaired) electrons. The summed E-state index contributed by atoms with van der Waals surface area (Å²) in [7, 11) is 1.59. The third-order valence-corrected chi connectivity index (χ3v) is 5.86. The lowest BCUT2D eigenvalue weighted by molar-refractivity contribution is -0.119. The maximum absolute atomic E-state index is 13.6. The molecule has 6 heteroatoms. The SMILES string of the molecule is CCN(C(=O)Cn1c(=O)c(CNc2ccccc2)cc2ccc(OC)cc21)c1cccc(C)c1. The molecule has 0 saturated heterocycles. The average Bonchev–Trinajstić information content (AvgIpc) is 2.85. The number of methoxy groups -OCH3 is 1. The van der Waals surface area contributed by atoms with E-state index in [1.807, 2.05) is 86.6 Å². The average molecular weight is 456 g/mol. The van der Waals surface area contributed by atoms with Gasteiger partial charge in [-0.3, -0.25) is 14.2 Å². The summed E-state index contributed by atoms with van der Waals surface area (Å²) in [6.45, 7) is 4.73. The zero-order valence-electron chi connectivity index (χ0n) is 19.7. The van der Waals surface area contributed by atoms with E-state index in [2.05, 4.69) is 5.32 Å². The van der Waals surface area contributed by atoms with Crippen LogP contribution in [-0.4, -0.2) is 24.1 Å². The predicted molar refractivity (Wildman–Crippen MR) is 138 cm³/mol. The van der Waals surface area contributed by atoms with Crippen LogP contribution < -0.4 is 20.5 Å². The molecule has 0 spiro atoms. The van der Waals surface area contributed by atoms with Crippen molar-refractivity contribution in [1.82, 2.24) is 4.57 Å². The Kier molecular flexibility index (Phi) is 6.97. The topological polar surface area (TPSA) is 63.6 Å². The number of benzene rings is 3. The normalized spacial score (nSPS) is 10.8. The van der Waals surface area contributed by atoms with Crippen LogP contribution >= 0.6 is 0 Å². The van der Waals surface area contributed by atoms with Crippen LogP contribution in [0.1, 0.15) is 18.1 Å². The van der Waals surface area contributed by atoms with E-state index in [9.17, 15) is 9.59 Å². The van der Waals surface area contributed by atoms with Gasteiger partial charge in [-0.15, -0.1) is 0 Å². The smallest absolute Gasteiger partial charge is 0.256 e. The van der Waals surface area contributed by atoms with Crippen molar-refractivity contribution in [1.29, 1.82) is 0 Å². The molecule has 0 bridgehead atoms. The highest BCUT2D eigenvalue weighted by atomic mass is 16.5. The molecule has 1 aromatic heterocycles. The Balaban J connectivity index is 1.73. The molecule has 174 valence electrons. The fourth-order valence-corrected chi connectivity index (χ4v) is 4.09. The lowest BCUT2D eigenvalue weighted by Gasteiger charge is -2.23. The number of para-hydroxylation sites is 1. The monoisotopic (exact) mass is 455 g/mol. The number of carbonyl (C=O) groups is 1. The molecule has 0 saturated carbocycles. The number of likely N-dealkylation sites (N-methyl/N-ethyl adjacent to an activating group) is 1. The van der Waals surface area contributed by atoms with E-state index < -0.39 is 0 Å². The summed E-state index contributed by atoms with van der Waals surface area (Å²) in [6.07, 6.45) is 0. The maximum atomic E-state index is 13.6. The number of hydrogen-bond donors (Lipinski definition) is 1. The highest BCUT2D eigenvalue weighted by molar-refractivity contribution is 5.94. The van der Waals surface area contributed by atoms with E-state index in [0.29, 0.717) is 29.9 Å². The molecule has 1 amide bonds. The van der Waals surface area contributed by atoms with Crippen molar-refractivity contribution in [3.63, 3.8) is 0 Å². The molecule has 4 rings (SSSR count). The first-order valence-electron chi connectivity index (χ1n) is 11.4. The van der Waals surface area contributed by atoms with Crippen LogP contribution in [-0.2, 0) is 17.9 Å². The summed E-state index contributed by atoms with van der Waals surface area (Å²) >= 11 is 0. The van der Waals surface area contributed by atoms with Crippen molar-refractivity contribution in [3.05, 3.63) is 100 Å². The van der Waals surface area contributed by atoms with Crippen LogP contribution in [0.4, 0.5) is 11.4 Å². The number of pyridine rings is 1. The molecule has 3 aromatic carbocycles. The number of carbonyl (C=O) groups excluding carboxylic acids is 1. The molecule has 0 atom stereocenters. The van der Waals surface area contributed by atoms with Gasteiger partial charge in [-0.1, -0.05) is 30.3 Å². The Labute approximate surface area is 199 Å². The van der Waals surface area contributed by atoms with Crippen molar-refractivity contribution >= 4 is 28.2 Å². The number of nitrogens with zero attached hydrogens (tertiary/aromatic N) is 2. The van der Waals surface area contributed by atoms with E-state index in [4.69, 9.17) is 4.74 Å². The summed E-state index contributed by atoms with van der Waals surface area (Å²) in [6, 6.07) is 25.0. The number of aromatic nitrogens is 1. The first-order chi connectivity index (χ1) is 16.5. The minimum atomic E-state index is -0.196. The lowest BCUT2D eigenvalue weighted by atomic mass is 10.1. The van der Waals surface area contributed by atoms with Crippen molar-refractivity contribution < 1.29 is 9.53 Å². The zero-order valence-corrected chi connectivity index (χ0v) is 19.7. The van der Waals surface area contributed by atoms with Gasteiger partial charge in [-0.2, -0.15) is 0 Å². The second kappa shape index (κ2) is 10.3. The van der Waals surface area contributed by atoms with Crippen LogP contribution in [0.3, 0.4) is 0 Å². The maximum Gasteiger partial charge on any atom is 0.256 e. The highest BCUT2D eigenvalue weighted by Crippen LogP contribution is 2.22. The molecule has 0 unspecified atom stereocenters. The van der Waals surface area contributed by atoms with Gasteiger partial charge in [0.2, 0.25) is 5.91 Å². The number of nitrogens with one attached hydrogen (secondary N) is 1. The second-order valence-electron chi connectivity index (χ2n) is 8.18. The highest BCUT2D eigenvalue weighted by Gasteiger charge is 2.18. The Morgan fingerprint density at radius 3 is 2.50 bits per heavy atom. The zero-order chi connectivity index (χ0) is 24.1.